The van der Waals surface area contributed by atoms with Crippen LogP contribution < -0.4 is 5.73 Å². The fraction of sp³-hybridized carbons (Fsp3) is 0.462. The number of hydrogen-bond acceptors (Lipinski definition) is 3. The minimum Gasteiger partial charge on any atom is -0.391 e. The van der Waals surface area contributed by atoms with E-state index in [0.29, 0.717) is 25.9 Å². The van der Waals surface area contributed by atoms with Gasteiger partial charge in [-0.3, -0.25) is 4.79 Å². The van der Waals surface area contributed by atoms with E-state index in [9.17, 15) is 9.90 Å². The summed E-state index contributed by atoms with van der Waals surface area (Å²) in [7, 11) is 0. The van der Waals surface area contributed by atoms with Crippen molar-refractivity contribution in [3.8, 4) is 0 Å². The molecule has 0 saturated carbocycles. The Balaban J connectivity index is 1.92. The third-order valence-electron chi connectivity index (χ3n) is 3.09. The molecule has 0 aliphatic carbocycles. The van der Waals surface area contributed by atoms with Gasteiger partial charge in [-0.25, -0.2) is 0 Å². The first-order valence-corrected chi connectivity index (χ1v) is 5.93. The summed E-state index contributed by atoms with van der Waals surface area (Å²) in [5.41, 5.74) is 6.96. The summed E-state index contributed by atoms with van der Waals surface area (Å²) in [6.07, 6.45) is 0.818. The third-order valence-corrected chi connectivity index (χ3v) is 3.09. The van der Waals surface area contributed by atoms with Gasteiger partial charge in [0, 0.05) is 13.1 Å². The Labute approximate surface area is 101 Å². The van der Waals surface area contributed by atoms with Crippen LogP contribution in [0, 0.1) is 0 Å². The molecule has 1 aromatic rings. The Hall–Kier alpha value is -1.39. The normalized spacial score (nSPS) is 21.5. The molecular formula is C13H18N2O2. The van der Waals surface area contributed by atoms with Gasteiger partial charge in [-0.15, -0.1) is 0 Å². The van der Waals surface area contributed by atoms with Crippen LogP contribution in [0.15, 0.2) is 30.3 Å². The van der Waals surface area contributed by atoms with E-state index in [0.717, 1.165) is 5.56 Å². The van der Waals surface area contributed by atoms with Crippen molar-refractivity contribution in [2.75, 3.05) is 13.1 Å². The minimum atomic E-state index is -0.511. The molecule has 1 aromatic carbocycles. The van der Waals surface area contributed by atoms with Gasteiger partial charge in [-0.1, -0.05) is 30.3 Å². The van der Waals surface area contributed by atoms with Crippen molar-refractivity contribution < 1.29 is 9.90 Å². The van der Waals surface area contributed by atoms with E-state index >= 15 is 0 Å². The average molecular weight is 234 g/mol. The zero-order valence-corrected chi connectivity index (χ0v) is 9.75. The van der Waals surface area contributed by atoms with Crippen molar-refractivity contribution in [2.24, 2.45) is 5.73 Å². The highest BCUT2D eigenvalue weighted by Gasteiger charge is 2.27. The van der Waals surface area contributed by atoms with Crippen LogP contribution in [0.5, 0.6) is 0 Å². The number of nitrogens with zero attached hydrogens (tertiary/aromatic N) is 1. The smallest absolute Gasteiger partial charge is 0.239 e. The molecule has 2 atom stereocenters. The molecule has 3 N–H and O–H groups in total. The van der Waals surface area contributed by atoms with E-state index < -0.39 is 6.04 Å². The summed E-state index contributed by atoms with van der Waals surface area (Å²) < 4.78 is 0. The van der Waals surface area contributed by atoms with Crippen molar-refractivity contribution in [3.05, 3.63) is 35.9 Å². The minimum absolute atomic E-state index is 0.0644. The number of amides is 1. The fourth-order valence-corrected chi connectivity index (χ4v) is 2.13. The first-order valence-electron chi connectivity index (χ1n) is 5.93. The SMILES string of the molecule is NC(Cc1ccccc1)C(=O)N1CC[C@H](O)C1. The molecule has 1 amide bonds. The molecule has 1 heterocycles. The third kappa shape index (κ3) is 3.05. The highest BCUT2D eigenvalue weighted by Crippen LogP contribution is 2.11. The van der Waals surface area contributed by atoms with Crippen molar-refractivity contribution in [1.29, 1.82) is 0 Å². The Morgan fingerprint density at radius 2 is 2.18 bits per heavy atom. The van der Waals surface area contributed by atoms with Crippen molar-refractivity contribution in [1.82, 2.24) is 4.90 Å². The molecule has 1 fully saturated rings. The van der Waals surface area contributed by atoms with E-state index in [-0.39, 0.29) is 12.0 Å². The number of benzene rings is 1. The molecule has 4 heteroatoms. The lowest BCUT2D eigenvalue weighted by Crippen LogP contribution is -2.44. The van der Waals surface area contributed by atoms with E-state index in [4.69, 9.17) is 5.73 Å². The molecule has 1 saturated heterocycles. The number of β-amino-alcohol motifs (C(OH)–C–C–N with tert-alkyl or cyclic N) is 1. The van der Waals surface area contributed by atoms with Gasteiger partial charge in [0.1, 0.15) is 0 Å². The van der Waals surface area contributed by atoms with Crippen molar-refractivity contribution >= 4 is 5.91 Å². The van der Waals surface area contributed by atoms with Gasteiger partial charge in [0.15, 0.2) is 0 Å². The van der Waals surface area contributed by atoms with Crippen LogP contribution in [-0.2, 0) is 11.2 Å². The number of aliphatic hydroxyl groups excluding tert-OH is 1. The zero-order valence-electron chi connectivity index (χ0n) is 9.75. The number of likely N-dealkylation sites (tertiary alicyclic amines) is 1. The maximum absolute atomic E-state index is 12.0. The van der Waals surface area contributed by atoms with Gasteiger partial charge >= 0.3 is 0 Å². The standard InChI is InChI=1S/C13H18N2O2/c14-12(8-10-4-2-1-3-5-10)13(17)15-7-6-11(16)9-15/h1-5,11-12,16H,6-9,14H2/t11-,12?/m0/s1. The number of aliphatic hydroxyl groups is 1. The fourth-order valence-electron chi connectivity index (χ4n) is 2.13. The topological polar surface area (TPSA) is 66.6 Å². The van der Waals surface area contributed by atoms with Gasteiger partial charge in [0.05, 0.1) is 12.1 Å². The highest BCUT2D eigenvalue weighted by atomic mass is 16.3. The zero-order chi connectivity index (χ0) is 12.3. The van der Waals surface area contributed by atoms with Crippen LogP contribution in [0.4, 0.5) is 0 Å². The van der Waals surface area contributed by atoms with E-state index in [1.807, 2.05) is 30.3 Å². The molecule has 2 rings (SSSR count). The highest BCUT2D eigenvalue weighted by molar-refractivity contribution is 5.82. The molecule has 92 valence electrons. The van der Waals surface area contributed by atoms with Gasteiger partial charge in [0.25, 0.3) is 0 Å². The summed E-state index contributed by atoms with van der Waals surface area (Å²) in [5, 5.41) is 9.39. The largest absolute Gasteiger partial charge is 0.391 e. The molecule has 1 unspecified atom stereocenters. The van der Waals surface area contributed by atoms with Crippen LogP contribution >= 0.6 is 0 Å². The first-order chi connectivity index (χ1) is 8.16. The monoisotopic (exact) mass is 234 g/mol. The lowest BCUT2D eigenvalue weighted by molar-refractivity contribution is -0.131. The molecule has 1 aliphatic heterocycles. The van der Waals surface area contributed by atoms with E-state index in [1.54, 1.807) is 4.90 Å². The van der Waals surface area contributed by atoms with Crippen LogP contribution in [-0.4, -0.2) is 41.1 Å². The summed E-state index contributed by atoms with van der Waals surface area (Å²) >= 11 is 0. The molecule has 0 radical (unpaired) electrons. The lowest BCUT2D eigenvalue weighted by Gasteiger charge is -2.20. The number of carbonyl (C=O) groups is 1. The molecule has 0 bridgehead atoms. The van der Waals surface area contributed by atoms with Crippen LogP contribution in [0.25, 0.3) is 0 Å². The summed E-state index contributed by atoms with van der Waals surface area (Å²) in [6, 6.07) is 9.23. The second-order valence-electron chi connectivity index (χ2n) is 4.52. The van der Waals surface area contributed by atoms with Gasteiger partial charge in [-0.05, 0) is 18.4 Å². The number of hydrogen-bond donors (Lipinski definition) is 2. The van der Waals surface area contributed by atoms with Crippen LogP contribution in [0.3, 0.4) is 0 Å². The molecule has 4 nitrogen and oxygen atoms in total. The van der Waals surface area contributed by atoms with Gasteiger partial charge < -0.3 is 15.7 Å². The second-order valence-corrected chi connectivity index (χ2v) is 4.52. The van der Waals surface area contributed by atoms with E-state index in [1.165, 1.54) is 0 Å². The average Bonchev–Trinajstić information content (AvgIpc) is 2.76. The predicted octanol–water partition coefficient (Wildman–Crippen LogP) is 0.150. The molecule has 0 aromatic heterocycles. The maximum atomic E-state index is 12.0. The van der Waals surface area contributed by atoms with Crippen LogP contribution in [0.2, 0.25) is 0 Å². The molecular weight excluding hydrogens is 216 g/mol. The Kier molecular flexibility index (Phi) is 3.76. The summed E-state index contributed by atoms with van der Waals surface area (Å²) in [6.45, 7) is 1.03. The Morgan fingerprint density at radius 1 is 1.47 bits per heavy atom. The molecule has 0 spiro atoms. The van der Waals surface area contributed by atoms with Gasteiger partial charge in [-0.2, -0.15) is 0 Å². The number of nitrogens with two attached hydrogens (primary N) is 1. The number of carbonyl (C=O) groups excluding carboxylic acids is 1. The summed E-state index contributed by atoms with van der Waals surface area (Å²) in [4.78, 5) is 13.6. The van der Waals surface area contributed by atoms with Gasteiger partial charge in [0.2, 0.25) is 5.91 Å². The van der Waals surface area contributed by atoms with Crippen molar-refractivity contribution in [3.63, 3.8) is 0 Å². The lowest BCUT2D eigenvalue weighted by atomic mass is 10.1. The Morgan fingerprint density at radius 3 is 2.76 bits per heavy atom. The predicted molar refractivity (Wildman–Crippen MR) is 65.3 cm³/mol. The maximum Gasteiger partial charge on any atom is 0.239 e. The summed E-state index contributed by atoms with van der Waals surface area (Å²) in [5.74, 6) is -0.0644. The molecule has 17 heavy (non-hydrogen) atoms. The Bertz CT molecular complexity index is 380. The van der Waals surface area contributed by atoms with Crippen molar-refractivity contribution in [2.45, 2.75) is 25.0 Å². The number of rotatable bonds is 3. The van der Waals surface area contributed by atoms with Crippen LogP contribution in [0.1, 0.15) is 12.0 Å². The quantitative estimate of drug-likeness (QED) is 0.782. The van der Waals surface area contributed by atoms with E-state index in [2.05, 4.69) is 0 Å². The first kappa shape index (κ1) is 12.1. The second kappa shape index (κ2) is 5.29. The molecule has 1 aliphatic rings.